The average Bonchev–Trinajstić information content (AvgIpc) is 3.18. The van der Waals surface area contributed by atoms with Crippen molar-refractivity contribution in [3.63, 3.8) is 0 Å². The van der Waals surface area contributed by atoms with E-state index in [2.05, 4.69) is 0 Å². The summed E-state index contributed by atoms with van der Waals surface area (Å²) in [4.78, 5) is 43.8. The van der Waals surface area contributed by atoms with E-state index in [1.165, 1.54) is 21.1 Å². The third kappa shape index (κ3) is 12.4. The van der Waals surface area contributed by atoms with Crippen LogP contribution < -0.4 is 0 Å². The summed E-state index contributed by atoms with van der Waals surface area (Å²) in [5, 5.41) is 31.4. The van der Waals surface area contributed by atoms with Crippen molar-refractivity contribution in [2.75, 3.05) is 28.3 Å². The Hall–Kier alpha value is -2.16. The number of aldehydes is 1. The number of benzene rings is 1. The summed E-state index contributed by atoms with van der Waals surface area (Å²) in [5.41, 5.74) is -3.75. The van der Waals surface area contributed by atoms with E-state index >= 15 is 0 Å². The molecule has 328 valence electrons. The minimum Gasteiger partial charge on any atom is -0.452 e. The smallest absolute Gasteiger partial charge is 0.338 e. The van der Waals surface area contributed by atoms with Gasteiger partial charge in [0.1, 0.15) is 23.9 Å². The Balaban J connectivity index is 2.15. The number of esters is 1. The number of hydrogen-bond acceptors (Lipinski definition) is 16. The van der Waals surface area contributed by atoms with Crippen LogP contribution in [-0.2, 0) is 52.6 Å². The molecule has 3 rings (SSSR count). The summed E-state index contributed by atoms with van der Waals surface area (Å²) in [6.45, 7) is 15.5. The normalized spacial score (nSPS) is 32.3. The largest absolute Gasteiger partial charge is 0.452 e. The molecule has 2 unspecified atom stereocenters. The number of likely N-dealkylation sites (N-methyl/N-ethyl adjacent to an activating group) is 1. The molecule has 1 aromatic carbocycles. The zero-order chi connectivity index (χ0) is 42.9. The Morgan fingerprint density at radius 1 is 1.07 bits per heavy atom. The Bertz CT molecular complexity index is 1370. The SMILES string of the molecule is CC[C@@H](OO[C@H](C)[C@@H](OC1C[C@@](C)(OC)[C@@H](O)[C@H](C)O1)[C@H](C)[C@@H](OC1O[C@H](C)C[C@H](N(C)C)[C@H]1OC(=O)c1ccccc1)[C@@](C)(C[C@@H](C)OO)OC)[C@@](C)(O)C=O. The highest BCUT2D eigenvalue weighted by Crippen LogP contribution is 2.40. The highest BCUT2D eigenvalue weighted by molar-refractivity contribution is 5.89. The van der Waals surface area contributed by atoms with E-state index in [1.807, 2.05) is 38.9 Å². The van der Waals surface area contributed by atoms with Crippen LogP contribution in [0.5, 0.6) is 0 Å². The molecule has 16 atom stereocenters. The first-order valence-corrected chi connectivity index (χ1v) is 19.8. The van der Waals surface area contributed by atoms with Crippen LogP contribution in [0.15, 0.2) is 30.3 Å². The van der Waals surface area contributed by atoms with E-state index in [4.69, 9.17) is 47.8 Å². The van der Waals surface area contributed by atoms with Crippen molar-refractivity contribution in [3.05, 3.63) is 35.9 Å². The Morgan fingerprint density at radius 2 is 1.72 bits per heavy atom. The van der Waals surface area contributed by atoms with Gasteiger partial charge in [-0.1, -0.05) is 32.0 Å². The molecule has 0 bridgehead atoms. The van der Waals surface area contributed by atoms with Crippen molar-refractivity contribution in [1.82, 2.24) is 4.90 Å². The van der Waals surface area contributed by atoms with Gasteiger partial charge in [0.15, 0.2) is 25.0 Å². The fraction of sp³-hybridized carbons (Fsp3) is 0.805. The summed E-state index contributed by atoms with van der Waals surface area (Å²) >= 11 is 0. The molecule has 2 aliphatic heterocycles. The van der Waals surface area contributed by atoms with Crippen molar-refractivity contribution in [2.24, 2.45) is 5.92 Å². The molecule has 2 saturated heterocycles. The number of carbonyl (C=O) groups is 2. The van der Waals surface area contributed by atoms with Crippen molar-refractivity contribution in [3.8, 4) is 0 Å². The first kappa shape index (κ1) is 49.2. The van der Waals surface area contributed by atoms with Gasteiger partial charge in [-0.3, -0.25) is 5.26 Å². The molecule has 2 aliphatic rings. The second kappa shape index (κ2) is 21.4. The van der Waals surface area contributed by atoms with Gasteiger partial charge in [0.05, 0.1) is 53.3 Å². The van der Waals surface area contributed by atoms with E-state index < -0.39 is 90.1 Å². The topological polar surface area (TPSA) is 190 Å². The number of ether oxygens (including phenoxy) is 7. The first-order chi connectivity index (χ1) is 26.7. The molecule has 0 aromatic heterocycles. The molecule has 2 fully saturated rings. The molecule has 1 aromatic rings. The van der Waals surface area contributed by atoms with Crippen LogP contribution in [0.3, 0.4) is 0 Å². The number of methoxy groups -OCH3 is 2. The Kier molecular flexibility index (Phi) is 18.5. The predicted molar refractivity (Wildman–Crippen MR) is 207 cm³/mol. The summed E-state index contributed by atoms with van der Waals surface area (Å²) in [6.07, 6.45) is -8.09. The highest BCUT2D eigenvalue weighted by Gasteiger charge is 2.52. The second-order valence-corrected chi connectivity index (χ2v) is 16.5. The van der Waals surface area contributed by atoms with Crippen LogP contribution in [0, 0.1) is 5.92 Å². The lowest BCUT2D eigenvalue weighted by atomic mass is 9.80. The average molecular weight is 816 g/mol. The molecule has 16 nitrogen and oxygen atoms in total. The fourth-order valence-corrected chi connectivity index (χ4v) is 7.89. The molecule has 0 spiro atoms. The number of nitrogens with zero attached hydrogens (tertiary/aromatic N) is 1. The lowest BCUT2D eigenvalue weighted by Gasteiger charge is -2.49. The lowest BCUT2D eigenvalue weighted by Crippen LogP contribution is -2.61. The standard InChI is InChI=1S/C41H69NO15/c1-14-31(39(7,46)23-43)57-56-27(5)33(52-32-22-40(8,48-12)35(44)28(6)51-32)26(4)36(41(9,49-13)21-25(3)55-47)54-38-34(30(42(10)11)20-24(2)50-38)53-37(45)29-18-16-15-17-19-29/h15-19,23-28,30-36,38,44,46-47H,14,20-22H2,1-13H3/t24-,25-,26+,27-,28+,30+,31-,32?,33+,34-,35+,36-,38?,39+,40-,41-/m1/s1. The van der Waals surface area contributed by atoms with Crippen LogP contribution in [0.1, 0.15) is 98.4 Å². The molecular formula is C41H69NO15. The summed E-state index contributed by atoms with van der Waals surface area (Å²) < 4.78 is 44.7. The van der Waals surface area contributed by atoms with Crippen LogP contribution in [-0.4, -0.2) is 151 Å². The van der Waals surface area contributed by atoms with Gasteiger partial charge in [-0.25, -0.2) is 19.5 Å². The van der Waals surface area contributed by atoms with Crippen LogP contribution >= 0.6 is 0 Å². The number of aliphatic hydroxyl groups is 2. The zero-order valence-electron chi connectivity index (χ0n) is 36.0. The van der Waals surface area contributed by atoms with E-state index in [0.29, 0.717) is 18.3 Å². The highest BCUT2D eigenvalue weighted by atomic mass is 17.2. The van der Waals surface area contributed by atoms with Crippen LogP contribution in [0.4, 0.5) is 0 Å². The van der Waals surface area contributed by atoms with Gasteiger partial charge in [0.25, 0.3) is 0 Å². The summed E-state index contributed by atoms with van der Waals surface area (Å²) in [6, 6.07) is 8.34. The van der Waals surface area contributed by atoms with Crippen LogP contribution in [0.2, 0.25) is 0 Å². The molecule has 0 saturated carbocycles. The fourth-order valence-electron chi connectivity index (χ4n) is 7.89. The third-order valence-electron chi connectivity index (χ3n) is 11.6. The minimum absolute atomic E-state index is 0.117. The van der Waals surface area contributed by atoms with Gasteiger partial charge in [0.2, 0.25) is 0 Å². The number of hydrogen-bond donors (Lipinski definition) is 3. The quantitative estimate of drug-likeness (QED) is 0.0649. The molecule has 3 N–H and O–H groups in total. The third-order valence-corrected chi connectivity index (χ3v) is 11.6. The van der Waals surface area contributed by atoms with Crippen LogP contribution in [0.25, 0.3) is 0 Å². The monoisotopic (exact) mass is 815 g/mol. The van der Waals surface area contributed by atoms with Gasteiger partial charge in [-0.15, -0.1) is 0 Å². The number of rotatable bonds is 22. The maximum absolute atomic E-state index is 13.6. The maximum atomic E-state index is 13.6. The molecule has 57 heavy (non-hydrogen) atoms. The molecule has 2 heterocycles. The van der Waals surface area contributed by atoms with E-state index in [9.17, 15) is 25.1 Å². The van der Waals surface area contributed by atoms with Gasteiger partial charge in [-0.05, 0) is 87.5 Å². The lowest BCUT2D eigenvalue weighted by molar-refractivity contribution is -0.393. The summed E-state index contributed by atoms with van der Waals surface area (Å²) in [5.74, 6) is -1.26. The van der Waals surface area contributed by atoms with Gasteiger partial charge >= 0.3 is 5.97 Å². The Labute approximate surface area is 338 Å². The van der Waals surface area contributed by atoms with Crippen molar-refractivity contribution >= 4 is 12.3 Å². The van der Waals surface area contributed by atoms with Gasteiger partial charge < -0.3 is 53.1 Å². The van der Waals surface area contributed by atoms with E-state index in [1.54, 1.807) is 65.8 Å². The predicted octanol–water partition coefficient (Wildman–Crippen LogP) is 4.32. The molecular weight excluding hydrogens is 746 g/mol. The number of aliphatic hydroxyl groups excluding tert-OH is 1. The van der Waals surface area contributed by atoms with Gasteiger partial charge in [-0.2, -0.15) is 0 Å². The van der Waals surface area contributed by atoms with E-state index in [-0.39, 0.29) is 31.4 Å². The van der Waals surface area contributed by atoms with Crippen molar-refractivity contribution in [1.29, 1.82) is 0 Å². The molecule has 0 radical (unpaired) electrons. The minimum atomic E-state index is -1.85. The first-order valence-electron chi connectivity index (χ1n) is 19.8. The van der Waals surface area contributed by atoms with Crippen molar-refractivity contribution < 1.29 is 72.9 Å². The molecule has 0 amide bonds. The molecule has 16 heteroatoms. The maximum Gasteiger partial charge on any atom is 0.338 e. The van der Waals surface area contributed by atoms with Crippen molar-refractivity contribution in [2.45, 2.75) is 178 Å². The molecule has 0 aliphatic carbocycles. The van der Waals surface area contributed by atoms with E-state index in [0.717, 1.165) is 0 Å². The zero-order valence-corrected chi connectivity index (χ0v) is 36.0. The Morgan fingerprint density at radius 3 is 2.26 bits per heavy atom. The van der Waals surface area contributed by atoms with Gasteiger partial charge in [0, 0.05) is 33.0 Å². The number of carbonyl (C=O) groups excluding carboxylic acids is 2. The summed E-state index contributed by atoms with van der Waals surface area (Å²) in [7, 11) is 6.81. The second-order valence-electron chi connectivity index (χ2n) is 16.5.